The highest BCUT2D eigenvalue weighted by atomic mass is 79.9. The predicted octanol–water partition coefficient (Wildman–Crippen LogP) is 4.84. The van der Waals surface area contributed by atoms with E-state index in [2.05, 4.69) is 46.0 Å². The van der Waals surface area contributed by atoms with Crippen LogP contribution >= 0.6 is 15.9 Å². The number of aromatic nitrogens is 1. The quantitative estimate of drug-likeness (QED) is 0.628. The molecule has 28 heavy (non-hydrogen) atoms. The minimum atomic E-state index is -0.00491. The van der Waals surface area contributed by atoms with E-state index in [0.29, 0.717) is 36.8 Å². The fourth-order valence-corrected chi connectivity index (χ4v) is 4.37. The number of carbonyl (C=O) groups is 1. The Morgan fingerprint density at radius 1 is 1.29 bits per heavy atom. The highest BCUT2D eigenvalue weighted by Crippen LogP contribution is 2.37. The summed E-state index contributed by atoms with van der Waals surface area (Å²) in [7, 11) is 1.58. The molecule has 5 nitrogen and oxygen atoms in total. The van der Waals surface area contributed by atoms with Gasteiger partial charge in [-0.3, -0.25) is 4.79 Å². The molecule has 0 bridgehead atoms. The number of rotatable bonds is 4. The van der Waals surface area contributed by atoms with Crippen molar-refractivity contribution >= 4 is 32.7 Å². The van der Waals surface area contributed by atoms with Crippen molar-refractivity contribution in [2.75, 3.05) is 20.3 Å². The second kappa shape index (κ2) is 7.51. The second-order valence-corrected chi connectivity index (χ2v) is 7.88. The maximum Gasteiger partial charge on any atom is 0.254 e. The van der Waals surface area contributed by atoms with E-state index in [4.69, 9.17) is 9.47 Å². The van der Waals surface area contributed by atoms with Crippen molar-refractivity contribution in [3.63, 3.8) is 0 Å². The molecule has 0 unspecified atom stereocenters. The van der Waals surface area contributed by atoms with Gasteiger partial charge in [0.2, 0.25) is 0 Å². The Kier molecular flexibility index (Phi) is 5.06. The number of benzene rings is 2. The number of nitrogens with zero attached hydrogens (tertiary/aromatic N) is 1. The van der Waals surface area contributed by atoms with Crippen LogP contribution in [0.3, 0.4) is 0 Å². The minimum absolute atomic E-state index is 0.00491. The Labute approximate surface area is 172 Å². The van der Waals surface area contributed by atoms with Gasteiger partial charge in [-0.1, -0.05) is 11.6 Å². The van der Waals surface area contributed by atoms with Crippen LogP contribution in [0.5, 0.6) is 11.5 Å². The number of halogens is 1. The number of aryl methyl sites for hydroxylation is 1. The van der Waals surface area contributed by atoms with Gasteiger partial charge in [-0.15, -0.1) is 0 Å². The predicted molar refractivity (Wildman–Crippen MR) is 113 cm³/mol. The SMILES string of the molecule is CCOc1c(Br)cc(C(=O)N2CCc3[nH]c4ccc(C)cc4c3C2)cc1OC. The van der Waals surface area contributed by atoms with Crippen LogP contribution < -0.4 is 9.47 Å². The topological polar surface area (TPSA) is 54.6 Å². The lowest BCUT2D eigenvalue weighted by molar-refractivity contribution is 0.0734. The first-order valence-electron chi connectivity index (χ1n) is 9.41. The zero-order valence-electron chi connectivity index (χ0n) is 16.3. The normalized spacial score (nSPS) is 13.5. The molecule has 2 heterocycles. The number of aromatic amines is 1. The van der Waals surface area contributed by atoms with E-state index in [9.17, 15) is 4.79 Å². The van der Waals surface area contributed by atoms with Crippen LogP contribution in [0, 0.1) is 6.92 Å². The summed E-state index contributed by atoms with van der Waals surface area (Å²) in [5, 5.41) is 1.21. The van der Waals surface area contributed by atoms with Crippen molar-refractivity contribution in [1.82, 2.24) is 9.88 Å². The van der Waals surface area contributed by atoms with Crippen LogP contribution in [0.4, 0.5) is 0 Å². The molecule has 1 amide bonds. The Balaban J connectivity index is 1.66. The molecule has 0 saturated carbocycles. The number of carbonyl (C=O) groups excluding carboxylic acids is 1. The number of methoxy groups -OCH3 is 1. The molecule has 0 fully saturated rings. The lowest BCUT2D eigenvalue weighted by Gasteiger charge is -2.28. The van der Waals surface area contributed by atoms with Gasteiger partial charge in [-0.25, -0.2) is 0 Å². The van der Waals surface area contributed by atoms with Gasteiger partial charge in [0.1, 0.15) is 0 Å². The van der Waals surface area contributed by atoms with E-state index >= 15 is 0 Å². The fraction of sp³-hybridized carbons (Fsp3) is 0.318. The van der Waals surface area contributed by atoms with Crippen molar-refractivity contribution in [2.24, 2.45) is 0 Å². The van der Waals surface area contributed by atoms with E-state index in [-0.39, 0.29) is 5.91 Å². The van der Waals surface area contributed by atoms with E-state index < -0.39 is 0 Å². The molecule has 4 rings (SSSR count). The molecule has 2 aromatic carbocycles. The summed E-state index contributed by atoms with van der Waals surface area (Å²) in [6.45, 7) is 5.82. The number of fused-ring (bicyclic) bond motifs is 3. The third kappa shape index (κ3) is 3.26. The number of hydrogen-bond donors (Lipinski definition) is 1. The summed E-state index contributed by atoms with van der Waals surface area (Å²) in [5.74, 6) is 1.17. The summed E-state index contributed by atoms with van der Waals surface area (Å²) in [6, 6.07) is 9.98. The first kappa shape index (κ1) is 18.9. The number of nitrogens with one attached hydrogen (secondary N) is 1. The number of hydrogen-bond acceptors (Lipinski definition) is 3. The maximum absolute atomic E-state index is 13.2. The number of H-pyrrole nitrogens is 1. The van der Waals surface area contributed by atoms with E-state index in [0.717, 1.165) is 16.4 Å². The van der Waals surface area contributed by atoms with Crippen molar-refractivity contribution in [3.8, 4) is 11.5 Å². The van der Waals surface area contributed by atoms with Crippen LogP contribution in [0.25, 0.3) is 10.9 Å². The Morgan fingerprint density at radius 3 is 2.86 bits per heavy atom. The Morgan fingerprint density at radius 2 is 2.11 bits per heavy atom. The van der Waals surface area contributed by atoms with E-state index in [1.165, 1.54) is 22.2 Å². The lowest BCUT2D eigenvalue weighted by Crippen LogP contribution is -2.35. The van der Waals surface area contributed by atoms with Gasteiger partial charge in [0.25, 0.3) is 5.91 Å². The molecule has 0 saturated heterocycles. The van der Waals surface area contributed by atoms with Crippen molar-refractivity contribution < 1.29 is 14.3 Å². The highest BCUT2D eigenvalue weighted by molar-refractivity contribution is 9.10. The molecule has 0 radical (unpaired) electrons. The van der Waals surface area contributed by atoms with E-state index in [1.54, 1.807) is 13.2 Å². The summed E-state index contributed by atoms with van der Waals surface area (Å²) in [4.78, 5) is 18.6. The molecule has 1 N–H and O–H groups in total. The van der Waals surface area contributed by atoms with Gasteiger partial charge < -0.3 is 19.4 Å². The summed E-state index contributed by atoms with van der Waals surface area (Å²) >= 11 is 3.51. The average molecular weight is 443 g/mol. The van der Waals surface area contributed by atoms with E-state index in [1.807, 2.05) is 17.9 Å². The Bertz CT molecular complexity index is 1060. The largest absolute Gasteiger partial charge is 0.493 e. The van der Waals surface area contributed by atoms with Crippen molar-refractivity contribution in [3.05, 3.63) is 57.2 Å². The molecule has 1 aliphatic rings. The maximum atomic E-state index is 13.2. The zero-order chi connectivity index (χ0) is 19.8. The van der Waals surface area contributed by atoms with Crippen LogP contribution in [0.2, 0.25) is 0 Å². The van der Waals surface area contributed by atoms with Crippen molar-refractivity contribution in [2.45, 2.75) is 26.8 Å². The standard InChI is InChI=1S/C22H23BrN2O3/c1-4-28-21-17(23)10-14(11-20(21)27-3)22(26)25-8-7-19-16(12-25)15-9-13(2)5-6-18(15)24-19/h5-6,9-11,24H,4,7-8,12H2,1-3H3. The minimum Gasteiger partial charge on any atom is -0.493 e. The molecule has 0 aliphatic carbocycles. The Hall–Kier alpha value is -2.47. The molecule has 6 heteroatoms. The summed E-state index contributed by atoms with van der Waals surface area (Å²) in [6.07, 6.45) is 0.824. The van der Waals surface area contributed by atoms with Crippen LogP contribution in [-0.2, 0) is 13.0 Å². The molecule has 1 aliphatic heterocycles. The molecule has 0 atom stereocenters. The monoisotopic (exact) mass is 442 g/mol. The second-order valence-electron chi connectivity index (χ2n) is 7.03. The number of amides is 1. The van der Waals surface area contributed by atoms with Gasteiger partial charge in [0, 0.05) is 47.2 Å². The zero-order valence-corrected chi connectivity index (χ0v) is 17.9. The molecule has 3 aromatic rings. The van der Waals surface area contributed by atoms with Gasteiger partial charge >= 0.3 is 0 Å². The van der Waals surface area contributed by atoms with Gasteiger partial charge in [-0.2, -0.15) is 0 Å². The molecular weight excluding hydrogens is 420 g/mol. The van der Waals surface area contributed by atoms with Crippen LogP contribution in [-0.4, -0.2) is 36.1 Å². The lowest BCUT2D eigenvalue weighted by atomic mass is 10.0. The summed E-state index contributed by atoms with van der Waals surface area (Å²) in [5.41, 5.74) is 5.39. The fourth-order valence-electron chi connectivity index (χ4n) is 3.81. The molecule has 0 spiro atoms. The van der Waals surface area contributed by atoms with Gasteiger partial charge in [0.15, 0.2) is 11.5 Å². The molecule has 146 valence electrons. The van der Waals surface area contributed by atoms with Gasteiger partial charge in [-0.05, 0) is 54.0 Å². The third-order valence-corrected chi connectivity index (χ3v) is 5.77. The average Bonchev–Trinajstić information content (AvgIpc) is 3.06. The smallest absolute Gasteiger partial charge is 0.254 e. The third-order valence-electron chi connectivity index (χ3n) is 5.18. The first-order chi connectivity index (χ1) is 13.5. The number of ether oxygens (including phenoxy) is 2. The molecule has 1 aromatic heterocycles. The van der Waals surface area contributed by atoms with Crippen LogP contribution in [0.15, 0.2) is 34.8 Å². The summed E-state index contributed by atoms with van der Waals surface area (Å²) < 4.78 is 11.8. The highest BCUT2D eigenvalue weighted by Gasteiger charge is 2.26. The first-order valence-corrected chi connectivity index (χ1v) is 10.2. The molecular formula is C22H23BrN2O3. The van der Waals surface area contributed by atoms with Gasteiger partial charge in [0.05, 0.1) is 18.2 Å². The van der Waals surface area contributed by atoms with Crippen LogP contribution in [0.1, 0.15) is 34.1 Å². The van der Waals surface area contributed by atoms with Crippen molar-refractivity contribution in [1.29, 1.82) is 0 Å².